The van der Waals surface area contributed by atoms with Crippen molar-refractivity contribution < 1.29 is 4.74 Å². The van der Waals surface area contributed by atoms with Crippen molar-refractivity contribution in [2.75, 3.05) is 20.2 Å². The molecule has 0 heterocycles. The molecule has 1 aromatic carbocycles. The minimum atomic E-state index is 0.389. The van der Waals surface area contributed by atoms with E-state index >= 15 is 0 Å². The molecule has 1 fully saturated rings. The maximum absolute atomic E-state index is 5.82. The van der Waals surface area contributed by atoms with Gasteiger partial charge < -0.3 is 15.4 Å². The van der Waals surface area contributed by atoms with Gasteiger partial charge in [0, 0.05) is 12.6 Å². The molecule has 0 radical (unpaired) electrons. The zero-order valence-corrected chi connectivity index (χ0v) is 12.3. The third-order valence-corrected chi connectivity index (χ3v) is 4.02. The van der Waals surface area contributed by atoms with Crippen molar-refractivity contribution in [3.05, 3.63) is 29.8 Å². The molecule has 19 heavy (non-hydrogen) atoms. The summed E-state index contributed by atoms with van der Waals surface area (Å²) in [5.41, 5.74) is 6.51. The van der Waals surface area contributed by atoms with Gasteiger partial charge in [-0.2, -0.15) is 0 Å². The highest BCUT2D eigenvalue weighted by Gasteiger charge is 2.19. The summed E-state index contributed by atoms with van der Waals surface area (Å²) in [7, 11) is 2.18. The lowest BCUT2D eigenvalue weighted by Crippen LogP contribution is -2.33. The van der Waals surface area contributed by atoms with E-state index in [1.54, 1.807) is 0 Å². The van der Waals surface area contributed by atoms with Crippen molar-refractivity contribution in [3.8, 4) is 5.75 Å². The molecule has 1 aromatic rings. The molecule has 104 valence electrons. The second kappa shape index (κ2) is 6.87. The highest BCUT2D eigenvalue weighted by Crippen LogP contribution is 2.22. The van der Waals surface area contributed by atoms with Crippen LogP contribution in [0, 0.1) is 0 Å². The van der Waals surface area contributed by atoms with Gasteiger partial charge in [-0.25, -0.2) is 0 Å². The molecule has 0 spiro atoms. The maximum Gasteiger partial charge on any atom is 0.129 e. The minimum Gasteiger partial charge on any atom is -0.492 e. The number of nitrogens with zero attached hydrogens (tertiary/aromatic N) is 1. The Kier molecular flexibility index (Phi) is 5.16. The normalized spacial score (nSPS) is 15.9. The van der Waals surface area contributed by atoms with Crippen LogP contribution in [0.3, 0.4) is 0 Å². The van der Waals surface area contributed by atoms with Gasteiger partial charge in [-0.3, -0.25) is 0 Å². The number of rotatable bonds is 6. The van der Waals surface area contributed by atoms with Gasteiger partial charge in [-0.1, -0.05) is 37.2 Å². The third kappa shape index (κ3) is 3.91. The number of thiocarbonyl (C=S) groups is 1. The first-order valence-corrected chi connectivity index (χ1v) is 7.31. The molecule has 0 amide bonds. The molecule has 0 saturated heterocycles. The van der Waals surface area contributed by atoms with Gasteiger partial charge in [-0.15, -0.1) is 0 Å². The SMILES string of the molecule is CN(CCOc1ccccc1C(N)=S)C1CCCC1. The fraction of sp³-hybridized carbons (Fsp3) is 0.533. The standard InChI is InChI=1S/C15H22N2OS/c1-17(12-6-2-3-7-12)10-11-18-14-9-5-4-8-13(14)15(16)19/h4-5,8-9,12H,2-3,6-7,10-11H2,1H3,(H2,16,19). The number of benzene rings is 1. The summed E-state index contributed by atoms with van der Waals surface area (Å²) >= 11 is 5.03. The second-order valence-electron chi connectivity index (χ2n) is 5.13. The molecule has 3 nitrogen and oxygen atoms in total. The first-order chi connectivity index (χ1) is 9.18. The van der Waals surface area contributed by atoms with Gasteiger partial charge in [0.2, 0.25) is 0 Å². The average Bonchev–Trinajstić information content (AvgIpc) is 2.93. The number of ether oxygens (including phenoxy) is 1. The van der Waals surface area contributed by atoms with E-state index in [2.05, 4.69) is 11.9 Å². The number of para-hydroxylation sites is 1. The van der Waals surface area contributed by atoms with Crippen LogP contribution >= 0.6 is 12.2 Å². The Labute approximate surface area is 120 Å². The highest BCUT2D eigenvalue weighted by molar-refractivity contribution is 7.80. The molecular formula is C15H22N2OS. The molecule has 0 unspecified atom stereocenters. The van der Waals surface area contributed by atoms with E-state index in [0.29, 0.717) is 11.6 Å². The zero-order chi connectivity index (χ0) is 13.7. The molecule has 4 heteroatoms. The van der Waals surface area contributed by atoms with E-state index in [0.717, 1.165) is 23.9 Å². The number of likely N-dealkylation sites (N-methyl/N-ethyl adjacent to an activating group) is 1. The zero-order valence-electron chi connectivity index (χ0n) is 11.5. The molecule has 0 atom stereocenters. The van der Waals surface area contributed by atoms with Crippen LogP contribution in [0.15, 0.2) is 24.3 Å². The van der Waals surface area contributed by atoms with Crippen molar-refractivity contribution in [1.82, 2.24) is 4.90 Å². The Morgan fingerprint density at radius 3 is 2.74 bits per heavy atom. The molecule has 1 aliphatic rings. The van der Waals surface area contributed by atoms with E-state index in [1.165, 1.54) is 25.7 Å². The maximum atomic E-state index is 5.82. The molecular weight excluding hydrogens is 256 g/mol. The van der Waals surface area contributed by atoms with Crippen LogP contribution < -0.4 is 10.5 Å². The molecule has 2 N–H and O–H groups in total. The summed E-state index contributed by atoms with van der Waals surface area (Å²) in [6, 6.07) is 8.42. The average molecular weight is 278 g/mol. The van der Waals surface area contributed by atoms with Gasteiger partial charge in [0.15, 0.2) is 0 Å². The van der Waals surface area contributed by atoms with Crippen LogP contribution in [-0.4, -0.2) is 36.1 Å². The van der Waals surface area contributed by atoms with E-state index < -0.39 is 0 Å². The van der Waals surface area contributed by atoms with Crippen molar-refractivity contribution >= 4 is 17.2 Å². The van der Waals surface area contributed by atoms with Gasteiger partial charge in [-0.05, 0) is 32.0 Å². The Balaban J connectivity index is 1.83. The van der Waals surface area contributed by atoms with Crippen LogP contribution in [0.4, 0.5) is 0 Å². The second-order valence-corrected chi connectivity index (χ2v) is 5.57. The van der Waals surface area contributed by atoms with Crippen molar-refractivity contribution in [3.63, 3.8) is 0 Å². The van der Waals surface area contributed by atoms with Crippen LogP contribution in [-0.2, 0) is 0 Å². The van der Waals surface area contributed by atoms with Crippen molar-refractivity contribution in [2.45, 2.75) is 31.7 Å². The van der Waals surface area contributed by atoms with Gasteiger partial charge in [0.1, 0.15) is 17.3 Å². The number of nitrogens with two attached hydrogens (primary N) is 1. The summed E-state index contributed by atoms with van der Waals surface area (Å²) in [5.74, 6) is 0.787. The molecule has 1 aliphatic carbocycles. The molecule has 0 aromatic heterocycles. The minimum absolute atomic E-state index is 0.389. The van der Waals surface area contributed by atoms with E-state index in [1.807, 2.05) is 24.3 Å². The topological polar surface area (TPSA) is 38.5 Å². The molecule has 1 saturated carbocycles. The predicted octanol–water partition coefficient (Wildman–Crippen LogP) is 2.57. The summed E-state index contributed by atoms with van der Waals surface area (Å²) in [5, 5.41) is 0. The van der Waals surface area contributed by atoms with Gasteiger partial charge in [0.25, 0.3) is 0 Å². The lowest BCUT2D eigenvalue weighted by Gasteiger charge is -2.24. The largest absolute Gasteiger partial charge is 0.492 e. The Bertz CT molecular complexity index is 430. The highest BCUT2D eigenvalue weighted by atomic mass is 32.1. The monoisotopic (exact) mass is 278 g/mol. The third-order valence-electron chi connectivity index (χ3n) is 3.80. The Morgan fingerprint density at radius 1 is 1.37 bits per heavy atom. The number of hydrogen-bond acceptors (Lipinski definition) is 3. The van der Waals surface area contributed by atoms with Crippen LogP contribution in [0.5, 0.6) is 5.75 Å². The smallest absolute Gasteiger partial charge is 0.129 e. The Hall–Kier alpha value is -1.13. The van der Waals surface area contributed by atoms with Gasteiger partial charge in [0.05, 0.1) is 5.56 Å². The quantitative estimate of drug-likeness (QED) is 0.812. The number of hydrogen-bond donors (Lipinski definition) is 1. The first kappa shape index (κ1) is 14.3. The van der Waals surface area contributed by atoms with Crippen LogP contribution in [0.25, 0.3) is 0 Å². The van der Waals surface area contributed by atoms with Crippen molar-refractivity contribution in [1.29, 1.82) is 0 Å². The lowest BCUT2D eigenvalue weighted by atomic mass is 10.2. The van der Waals surface area contributed by atoms with E-state index in [9.17, 15) is 0 Å². The fourth-order valence-corrected chi connectivity index (χ4v) is 2.79. The summed E-state index contributed by atoms with van der Waals surface area (Å²) in [4.78, 5) is 2.79. The van der Waals surface area contributed by atoms with Gasteiger partial charge >= 0.3 is 0 Å². The summed E-state index contributed by atoms with van der Waals surface area (Å²) < 4.78 is 5.82. The summed E-state index contributed by atoms with van der Waals surface area (Å²) in [6.45, 7) is 1.61. The van der Waals surface area contributed by atoms with E-state index in [-0.39, 0.29) is 0 Å². The van der Waals surface area contributed by atoms with Crippen LogP contribution in [0.1, 0.15) is 31.2 Å². The van der Waals surface area contributed by atoms with E-state index in [4.69, 9.17) is 22.7 Å². The van der Waals surface area contributed by atoms with Crippen molar-refractivity contribution in [2.24, 2.45) is 5.73 Å². The fourth-order valence-electron chi connectivity index (χ4n) is 2.62. The molecule has 0 bridgehead atoms. The van der Waals surface area contributed by atoms with Crippen LogP contribution in [0.2, 0.25) is 0 Å². The lowest BCUT2D eigenvalue weighted by molar-refractivity contribution is 0.193. The Morgan fingerprint density at radius 2 is 2.05 bits per heavy atom. The molecule has 0 aliphatic heterocycles. The molecule has 2 rings (SSSR count). The summed E-state index contributed by atoms with van der Waals surface area (Å²) in [6.07, 6.45) is 5.36. The predicted molar refractivity (Wildman–Crippen MR) is 82.7 cm³/mol. The first-order valence-electron chi connectivity index (χ1n) is 6.90.